The molecule has 0 radical (unpaired) electrons. The maximum absolute atomic E-state index is 5.70. The smallest absolute Gasteiger partial charge is 0.0107 e. The number of hydrogen-bond acceptors (Lipinski definition) is 2. The summed E-state index contributed by atoms with van der Waals surface area (Å²) >= 11 is 0. The van der Waals surface area contributed by atoms with Gasteiger partial charge in [0.15, 0.2) is 0 Å². The Hall–Kier alpha value is -0.0800. The molecule has 2 aliphatic rings. The molecule has 2 fully saturated rings. The average Bonchev–Trinajstić information content (AvgIpc) is 2.74. The van der Waals surface area contributed by atoms with E-state index in [-0.39, 0.29) is 0 Å². The zero-order chi connectivity index (χ0) is 10.5. The first-order valence-corrected chi connectivity index (χ1v) is 6.84. The molecular weight excluding hydrogens is 184 g/mol. The molecule has 0 spiro atoms. The van der Waals surface area contributed by atoms with E-state index in [2.05, 4.69) is 4.90 Å². The van der Waals surface area contributed by atoms with Gasteiger partial charge in [0.2, 0.25) is 0 Å². The SMILES string of the molecule is NCCC1CCCCN1CC1CCCC1. The van der Waals surface area contributed by atoms with Gasteiger partial charge in [-0.05, 0) is 51.1 Å². The largest absolute Gasteiger partial charge is 0.330 e. The normalized spacial score (nSPS) is 29.8. The van der Waals surface area contributed by atoms with Crippen LogP contribution in [0.3, 0.4) is 0 Å². The summed E-state index contributed by atoms with van der Waals surface area (Å²) in [5, 5.41) is 0. The number of rotatable bonds is 4. The summed E-state index contributed by atoms with van der Waals surface area (Å²) in [5.74, 6) is 1.00. The second kappa shape index (κ2) is 5.86. The van der Waals surface area contributed by atoms with Crippen molar-refractivity contribution in [2.75, 3.05) is 19.6 Å². The Morgan fingerprint density at radius 1 is 1.00 bits per heavy atom. The average molecular weight is 210 g/mol. The van der Waals surface area contributed by atoms with Crippen molar-refractivity contribution in [3.63, 3.8) is 0 Å². The molecule has 1 aliphatic carbocycles. The zero-order valence-electron chi connectivity index (χ0n) is 9.96. The van der Waals surface area contributed by atoms with Crippen LogP contribution in [0.2, 0.25) is 0 Å². The van der Waals surface area contributed by atoms with Gasteiger partial charge in [-0.25, -0.2) is 0 Å². The highest BCUT2D eigenvalue weighted by Gasteiger charge is 2.25. The van der Waals surface area contributed by atoms with Crippen molar-refractivity contribution >= 4 is 0 Å². The number of likely N-dealkylation sites (tertiary alicyclic amines) is 1. The first-order chi connectivity index (χ1) is 7.40. The minimum Gasteiger partial charge on any atom is -0.330 e. The van der Waals surface area contributed by atoms with E-state index in [0.29, 0.717) is 0 Å². The van der Waals surface area contributed by atoms with Gasteiger partial charge in [-0.15, -0.1) is 0 Å². The van der Waals surface area contributed by atoms with Gasteiger partial charge in [-0.1, -0.05) is 19.3 Å². The molecule has 1 atom stereocenters. The fraction of sp³-hybridized carbons (Fsp3) is 1.00. The molecule has 0 aromatic rings. The molecule has 1 unspecified atom stereocenters. The Labute approximate surface area is 94.2 Å². The van der Waals surface area contributed by atoms with Gasteiger partial charge in [0.05, 0.1) is 0 Å². The number of piperidine rings is 1. The Balaban J connectivity index is 1.80. The lowest BCUT2D eigenvalue weighted by Crippen LogP contribution is -2.42. The van der Waals surface area contributed by atoms with Crippen molar-refractivity contribution in [1.82, 2.24) is 4.90 Å². The third-order valence-electron chi connectivity index (χ3n) is 4.22. The number of nitrogens with two attached hydrogens (primary N) is 1. The van der Waals surface area contributed by atoms with Crippen molar-refractivity contribution in [2.24, 2.45) is 11.7 Å². The van der Waals surface area contributed by atoms with Crippen LogP contribution in [0.1, 0.15) is 51.4 Å². The summed E-state index contributed by atoms with van der Waals surface area (Å²) in [5.41, 5.74) is 5.70. The zero-order valence-corrected chi connectivity index (χ0v) is 9.96. The Kier molecular flexibility index (Phi) is 4.45. The van der Waals surface area contributed by atoms with Gasteiger partial charge in [0.1, 0.15) is 0 Å². The molecule has 2 N–H and O–H groups in total. The minimum atomic E-state index is 0.810. The highest BCUT2D eigenvalue weighted by atomic mass is 15.2. The topological polar surface area (TPSA) is 29.3 Å². The van der Waals surface area contributed by atoms with Crippen LogP contribution in [-0.2, 0) is 0 Å². The molecule has 1 heterocycles. The summed E-state index contributed by atoms with van der Waals surface area (Å²) in [7, 11) is 0. The fourth-order valence-corrected chi connectivity index (χ4v) is 3.34. The summed E-state index contributed by atoms with van der Waals surface area (Å²) in [4.78, 5) is 2.74. The van der Waals surface area contributed by atoms with Crippen LogP contribution >= 0.6 is 0 Å². The fourth-order valence-electron chi connectivity index (χ4n) is 3.34. The predicted octanol–water partition coefficient (Wildman–Crippen LogP) is 2.38. The third-order valence-corrected chi connectivity index (χ3v) is 4.22. The Morgan fingerprint density at radius 3 is 2.47 bits per heavy atom. The van der Waals surface area contributed by atoms with E-state index >= 15 is 0 Å². The molecular formula is C13H26N2. The van der Waals surface area contributed by atoms with Crippen LogP contribution in [0.4, 0.5) is 0 Å². The quantitative estimate of drug-likeness (QED) is 0.772. The third kappa shape index (κ3) is 3.18. The molecule has 88 valence electrons. The maximum Gasteiger partial charge on any atom is 0.0107 e. The Morgan fingerprint density at radius 2 is 1.73 bits per heavy atom. The molecule has 2 nitrogen and oxygen atoms in total. The molecule has 15 heavy (non-hydrogen) atoms. The van der Waals surface area contributed by atoms with E-state index in [1.807, 2.05) is 0 Å². The van der Waals surface area contributed by atoms with Crippen molar-refractivity contribution in [2.45, 2.75) is 57.4 Å². The second-order valence-electron chi connectivity index (χ2n) is 5.37. The number of nitrogens with zero attached hydrogens (tertiary/aromatic N) is 1. The van der Waals surface area contributed by atoms with E-state index < -0.39 is 0 Å². The van der Waals surface area contributed by atoms with E-state index in [1.165, 1.54) is 64.5 Å². The predicted molar refractivity (Wildman–Crippen MR) is 64.8 cm³/mol. The maximum atomic E-state index is 5.70. The van der Waals surface area contributed by atoms with Crippen LogP contribution in [-0.4, -0.2) is 30.6 Å². The van der Waals surface area contributed by atoms with Crippen molar-refractivity contribution in [1.29, 1.82) is 0 Å². The molecule has 0 amide bonds. The molecule has 1 saturated carbocycles. The minimum absolute atomic E-state index is 0.810. The summed E-state index contributed by atoms with van der Waals surface area (Å²) < 4.78 is 0. The lowest BCUT2D eigenvalue weighted by molar-refractivity contribution is 0.121. The lowest BCUT2D eigenvalue weighted by atomic mass is 9.97. The van der Waals surface area contributed by atoms with E-state index in [1.54, 1.807) is 0 Å². The van der Waals surface area contributed by atoms with Gasteiger partial charge in [0.25, 0.3) is 0 Å². The molecule has 1 saturated heterocycles. The van der Waals surface area contributed by atoms with Crippen LogP contribution in [0.25, 0.3) is 0 Å². The molecule has 0 bridgehead atoms. The van der Waals surface area contributed by atoms with Crippen LogP contribution < -0.4 is 5.73 Å². The van der Waals surface area contributed by atoms with Crippen LogP contribution in [0, 0.1) is 5.92 Å². The molecule has 2 heteroatoms. The van der Waals surface area contributed by atoms with Crippen LogP contribution in [0.15, 0.2) is 0 Å². The standard InChI is InChI=1S/C13H26N2/c14-9-8-13-7-3-4-10-15(13)11-12-5-1-2-6-12/h12-13H,1-11,14H2. The van der Waals surface area contributed by atoms with Crippen molar-refractivity contribution < 1.29 is 0 Å². The highest BCUT2D eigenvalue weighted by Crippen LogP contribution is 2.28. The Bertz CT molecular complexity index is 173. The van der Waals surface area contributed by atoms with E-state index in [9.17, 15) is 0 Å². The summed E-state index contributed by atoms with van der Waals surface area (Å²) in [6.45, 7) is 3.57. The number of hydrogen-bond donors (Lipinski definition) is 1. The monoisotopic (exact) mass is 210 g/mol. The van der Waals surface area contributed by atoms with Gasteiger partial charge < -0.3 is 10.6 Å². The first kappa shape index (κ1) is 11.4. The van der Waals surface area contributed by atoms with Gasteiger partial charge in [0, 0.05) is 12.6 Å². The van der Waals surface area contributed by atoms with Gasteiger partial charge in [-0.3, -0.25) is 0 Å². The van der Waals surface area contributed by atoms with Gasteiger partial charge in [-0.2, -0.15) is 0 Å². The van der Waals surface area contributed by atoms with Gasteiger partial charge >= 0.3 is 0 Å². The molecule has 2 rings (SSSR count). The molecule has 0 aromatic heterocycles. The first-order valence-electron chi connectivity index (χ1n) is 6.84. The second-order valence-corrected chi connectivity index (χ2v) is 5.37. The van der Waals surface area contributed by atoms with E-state index in [0.717, 1.165) is 18.5 Å². The summed E-state index contributed by atoms with van der Waals surface area (Å²) in [6.07, 6.45) is 11.3. The summed E-state index contributed by atoms with van der Waals surface area (Å²) in [6, 6.07) is 0.810. The molecule has 1 aliphatic heterocycles. The highest BCUT2D eigenvalue weighted by molar-refractivity contribution is 4.80. The van der Waals surface area contributed by atoms with Crippen molar-refractivity contribution in [3.05, 3.63) is 0 Å². The molecule has 0 aromatic carbocycles. The van der Waals surface area contributed by atoms with Crippen LogP contribution in [0.5, 0.6) is 0 Å². The lowest BCUT2D eigenvalue weighted by Gasteiger charge is -2.37. The van der Waals surface area contributed by atoms with Crippen molar-refractivity contribution in [3.8, 4) is 0 Å². The van der Waals surface area contributed by atoms with E-state index in [4.69, 9.17) is 5.73 Å².